The number of aliphatic hydroxyl groups is 1. The van der Waals surface area contributed by atoms with Crippen LogP contribution in [0.25, 0.3) is 0 Å². The lowest BCUT2D eigenvalue weighted by molar-refractivity contribution is -0.317. The average Bonchev–Trinajstić information content (AvgIpc) is 3.50. The summed E-state index contributed by atoms with van der Waals surface area (Å²) in [6, 6.07) is 1.73. The van der Waals surface area contributed by atoms with Crippen LogP contribution in [-0.4, -0.2) is 59.3 Å². The van der Waals surface area contributed by atoms with E-state index < -0.39 is 81.4 Å². The molecule has 0 amide bonds. The van der Waals surface area contributed by atoms with Crippen LogP contribution in [0.3, 0.4) is 0 Å². The number of ether oxygens (including phenoxy) is 4. The van der Waals surface area contributed by atoms with Crippen molar-refractivity contribution in [2.24, 2.45) is 34.0 Å². The first-order valence-electron chi connectivity index (χ1n) is 13.6. The first kappa shape index (κ1) is 26.5. The van der Waals surface area contributed by atoms with Crippen molar-refractivity contribution in [2.45, 2.75) is 89.8 Å². The van der Waals surface area contributed by atoms with Crippen LogP contribution >= 0.6 is 0 Å². The molecule has 3 heterocycles. The van der Waals surface area contributed by atoms with Crippen LogP contribution in [0.5, 0.6) is 0 Å². The Morgan fingerprint density at radius 3 is 2.51 bits per heavy atom. The van der Waals surface area contributed by atoms with Crippen LogP contribution in [0.2, 0.25) is 0 Å². The molecule has 212 valence electrons. The lowest BCUT2D eigenvalue weighted by atomic mass is 9.36. The number of rotatable bonds is 4. The summed E-state index contributed by atoms with van der Waals surface area (Å²) in [4.78, 5) is 52.7. The van der Waals surface area contributed by atoms with Crippen LogP contribution in [0.1, 0.15) is 72.0 Å². The summed E-state index contributed by atoms with van der Waals surface area (Å²) < 4.78 is 28.8. The molecule has 1 aromatic rings. The number of hydrogen-bond donors (Lipinski definition) is 1. The third-order valence-electron chi connectivity index (χ3n) is 11.3. The quantitative estimate of drug-likeness (QED) is 0.445. The normalized spacial score (nSPS) is 46.1. The number of methoxy groups -OCH3 is 1. The molecule has 39 heavy (non-hydrogen) atoms. The van der Waals surface area contributed by atoms with E-state index >= 15 is 0 Å². The summed E-state index contributed by atoms with van der Waals surface area (Å²) in [5.41, 5.74) is -5.27. The third kappa shape index (κ3) is 2.94. The Morgan fingerprint density at radius 2 is 1.90 bits per heavy atom. The lowest BCUT2D eigenvalue weighted by Gasteiger charge is -2.68. The molecular weight excluding hydrogens is 508 g/mol. The summed E-state index contributed by atoms with van der Waals surface area (Å²) in [7, 11) is 1.22. The Morgan fingerprint density at radius 1 is 1.18 bits per heavy atom. The maximum Gasteiger partial charge on any atom is 0.347 e. The number of carbonyl (C=O) groups excluding carboxylic acids is 4. The molecule has 3 saturated carbocycles. The lowest BCUT2D eigenvalue weighted by Crippen LogP contribution is -2.77. The highest BCUT2D eigenvalue weighted by atomic mass is 16.6. The largest absolute Gasteiger partial charge is 0.472 e. The van der Waals surface area contributed by atoms with Gasteiger partial charge < -0.3 is 28.5 Å². The zero-order valence-corrected chi connectivity index (χ0v) is 23.1. The Balaban J connectivity index is 1.55. The van der Waals surface area contributed by atoms with Gasteiger partial charge in [-0.2, -0.15) is 0 Å². The zero-order chi connectivity index (χ0) is 28.3. The van der Waals surface area contributed by atoms with Gasteiger partial charge in [0, 0.05) is 41.1 Å². The van der Waals surface area contributed by atoms with Gasteiger partial charge >= 0.3 is 17.9 Å². The van der Waals surface area contributed by atoms with Crippen LogP contribution < -0.4 is 0 Å². The van der Waals surface area contributed by atoms with Crippen molar-refractivity contribution >= 4 is 23.7 Å². The molecule has 3 bridgehead atoms. The monoisotopic (exact) mass is 544 g/mol. The first-order valence-corrected chi connectivity index (χ1v) is 13.6. The SMILES string of the molecule is COC(=O)C(OC(C)=O)[C@H]1C(C)(C)[C@@H]2O[C@@]34C[C@@H]2C(=O)[C@]1(C)[C@H]3CC[C@@]1(C)[C@H](c2ccoc2)OC(=O)C[C@]14O. The molecule has 2 saturated heterocycles. The fraction of sp³-hybridized carbons (Fsp3) is 0.724. The highest BCUT2D eigenvalue weighted by Crippen LogP contribution is 2.77. The molecule has 5 aliphatic rings. The van der Waals surface area contributed by atoms with E-state index in [2.05, 4.69) is 0 Å². The van der Waals surface area contributed by atoms with Gasteiger partial charge in [0.15, 0.2) is 0 Å². The Bertz CT molecular complexity index is 1250. The molecule has 0 aromatic carbocycles. The summed E-state index contributed by atoms with van der Waals surface area (Å²) in [6.45, 7) is 8.79. The van der Waals surface area contributed by atoms with Gasteiger partial charge in [-0.05, 0) is 30.7 Å². The third-order valence-corrected chi connectivity index (χ3v) is 11.3. The summed E-state index contributed by atoms with van der Waals surface area (Å²) in [5.74, 6) is -3.91. The fourth-order valence-corrected chi connectivity index (χ4v) is 9.84. The van der Waals surface area contributed by atoms with Crippen LogP contribution in [0.15, 0.2) is 23.0 Å². The minimum absolute atomic E-state index is 0.0621. The standard InChI is InChI=1S/C29H36O10/c1-14(30)37-19(24(33)35-6)20-25(2,3)23-16-11-28(39-23)17(27(20,5)21(16)32)7-9-26(4)22(15-8-10-36-13-15)38-18(31)12-29(26,28)34/h8,10,13,16-17,19-20,22-23,34H,7,9,11-12H2,1-6H3/t16-,17-,19?,20+,22+,23-,26+,27-,28+,29+/m1/s1. The van der Waals surface area contributed by atoms with E-state index in [-0.39, 0.29) is 18.6 Å². The van der Waals surface area contributed by atoms with E-state index in [1.807, 2.05) is 27.7 Å². The topological polar surface area (TPSA) is 139 Å². The van der Waals surface area contributed by atoms with Gasteiger partial charge in [-0.15, -0.1) is 0 Å². The van der Waals surface area contributed by atoms with E-state index in [9.17, 15) is 24.3 Å². The Hall–Kier alpha value is -2.72. The minimum Gasteiger partial charge on any atom is -0.472 e. The van der Waals surface area contributed by atoms with Crippen molar-refractivity contribution < 1.29 is 47.6 Å². The van der Waals surface area contributed by atoms with Gasteiger partial charge in [-0.25, -0.2) is 4.79 Å². The van der Waals surface area contributed by atoms with Gasteiger partial charge in [0.2, 0.25) is 6.10 Å². The zero-order valence-electron chi connectivity index (χ0n) is 23.1. The number of furan rings is 1. The average molecular weight is 545 g/mol. The number of esters is 3. The maximum atomic E-state index is 14.3. The van der Waals surface area contributed by atoms with Crippen molar-refractivity contribution in [1.29, 1.82) is 0 Å². The molecule has 3 aliphatic carbocycles. The molecule has 0 radical (unpaired) electrons. The molecule has 1 N–H and O–H groups in total. The summed E-state index contributed by atoms with van der Waals surface area (Å²) in [6.07, 6.45) is 1.11. The molecule has 5 fully saturated rings. The van der Waals surface area contributed by atoms with E-state index in [0.717, 1.165) is 0 Å². The first-order chi connectivity index (χ1) is 18.2. The second-order valence-electron chi connectivity index (χ2n) is 13.2. The highest BCUT2D eigenvalue weighted by Gasteiger charge is 2.85. The van der Waals surface area contributed by atoms with Crippen molar-refractivity contribution in [1.82, 2.24) is 0 Å². The van der Waals surface area contributed by atoms with Crippen molar-refractivity contribution in [3.05, 3.63) is 24.2 Å². The molecule has 1 aromatic heterocycles. The van der Waals surface area contributed by atoms with Crippen molar-refractivity contribution in [3.63, 3.8) is 0 Å². The molecule has 10 nitrogen and oxygen atoms in total. The molecular formula is C29H36O10. The smallest absolute Gasteiger partial charge is 0.347 e. The number of carbonyl (C=O) groups is 4. The van der Waals surface area contributed by atoms with Crippen LogP contribution in [-0.2, 0) is 38.1 Å². The molecule has 1 spiro atoms. The number of ketones is 1. The van der Waals surface area contributed by atoms with Gasteiger partial charge in [0.05, 0.1) is 32.2 Å². The molecule has 10 heteroatoms. The highest BCUT2D eigenvalue weighted by molar-refractivity contribution is 5.93. The molecule has 1 unspecified atom stereocenters. The number of cyclic esters (lactones) is 1. The predicted molar refractivity (Wildman–Crippen MR) is 132 cm³/mol. The van der Waals surface area contributed by atoms with E-state index in [0.29, 0.717) is 18.4 Å². The molecule has 10 atom stereocenters. The summed E-state index contributed by atoms with van der Waals surface area (Å²) in [5, 5.41) is 12.9. The molecule has 2 aliphatic heterocycles. The van der Waals surface area contributed by atoms with Gasteiger partial charge in [-0.1, -0.05) is 27.7 Å². The van der Waals surface area contributed by atoms with Gasteiger partial charge in [0.1, 0.15) is 23.1 Å². The number of Topliss-reactive ketones (excluding diaryl/α,β-unsaturated/α-hetero) is 1. The number of hydrogen-bond acceptors (Lipinski definition) is 10. The maximum absolute atomic E-state index is 14.3. The van der Waals surface area contributed by atoms with E-state index in [4.69, 9.17) is 23.4 Å². The fourth-order valence-electron chi connectivity index (χ4n) is 9.84. The molecule has 6 rings (SSSR count). The Kier molecular flexibility index (Phi) is 5.39. The van der Waals surface area contributed by atoms with Crippen LogP contribution in [0, 0.1) is 34.0 Å². The van der Waals surface area contributed by atoms with Gasteiger partial charge in [0.25, 0.3) is 0 Å². The minimum atomic E-state index is -1.68. The number of fused-ring (bicyclic) bond motifs is 3. The van der Waals surface area contributed by atoms with Crippen molar-refractivity contribution in [2.75, 3.05) is 7.11 Å². The second kappa shape index (κ2) is 7.94. The van der Waals surface area contributed by atoms with Gasteiger partial charge in [-0.3, -0.25) is 14.4 Å². The predicted octanol–water partition coefficient (Wildman–Crippen LogP) is 2.91. The van der Waals surface area contributed by atoms with Crippen LogP contribution in [0.4, 0.5) is 0 Å². The second-order valence-corrected chi connectivity index (χ2v) is 13.2. The Labute approximate surface area is 226 Å². The van der Waals surface area contributed by atoms with E-state index in [1.54, 1.807) is 6.07 Å². The van der Waals surface area contributed by atoms with E-state index in [1.165, 1.54) is 26.6 Å². The summed E-state index contributed by atoms with van der Waals surface area (Å²) >= 11 is 0. The van der Waals surface area contributed by atoms with Crippen molar-refractivity contribution in [3.8, 4) is 0 Å².